The zero-order valence-corrected chi connectivity index (χ0v) is 8.54. The van der Waals surface area contributed by atoms with Gasteiger partial charge in [-0.3, -0.25) is 0 Å². The monoisotopic (exact) mass is 206 g/mol. The second-order valence-corrected chi connectivity index (χ2v) is 3.31. The SMILES string of the molecule is COc1c(C)nc2ccc(F)cc2c1N. The lowest BCUT2D eigenvalue weighted by molar-refractivity contribution is 0.412. The standard InChI is InChI=1S/C11H11FN2O/c1-6-11(15-2)10(13)8-5-7(12)3-4-9(8)14-6/h3-5H,1-2H3,(H2,13,14). The Morgan fingerprint density at radius 3 is 2.80 bits per heavy atom. The van der Waals surface area contributed by atoms with Gasteiger partial charge in [-0.25, -0.2) is 9.37 Å². The largest absolute Gasteiger partial charge is 0.493 e. The van der Waals surface area contributed by atoms with Gasteiger partial charge in [0.05, 0.1) is 24.0 Å². The van der Waals surface area contributed by atoms with Crippen molar-refractivity contribution < 1.29 is 9.13 Å². The first-order valence-electron chi connectivity index (χ1n) is 4.53. The van der Waals surface area contributed by atoms with Crippen LogP contribution in [0.15, 0.2) is 18.2 Å². The molecule has 0 radical (unpaired) electrons. The predicted octanol–water partition coefficient (Wildman–Crippen LogP) is 2.27. The second-order valence-electron chi connectivity index (χ2n) is 3.31. The number of hydrogen-bond donors (Lipinski definition) is 1. The molecule has 0 aliphatic carbocycles. The van der Waals surface area contributed by atoms with Crippen molar-refractivity contribution in [1.29, 1.82) is 0 Å². The number of nitrogen functional groups attached to an aromatic ring is 1. The van der Waals surface area contributed by atoms with Crippen molar-refractivity contribution in [1.82, 2.24) is 4.98 Å². The Bertz CT molecular complexity index is 525. The van der Waals surface area contributed by atoms with E-state index in [-0.39, 0.29) is 5.82 Å². The van der Waals surface area contributed by atoms with Crippen LogP contribution in [0, 0.1) is 12.7 Å². The van der Waals surface area contributed by atoms with Gasteiger partial charge >= 0.3 is 0 Å². The maximum Gasteiger partial charge on any atom is 0.163 e. The molecule has 1 heterocycles. The van der Waals surface area contributed by atoms with Gasteiger partial charge in [-0.1, -0.05) is 0 Å². The van der Waals surface area contributed by atoms with Gasteiger partial charge in [-0.15, -0.1) is 0 Å². The van der Waals surface area contributed by atoms with Gasteiger partial charge in [0.15, 0.2) is 5.75 Å². The Labute approximate surface area is 86.7 Å². The number of aryl methyl sites for hydroxylation is 1. The molecule has 2 rings (SSSR count). The van der Waals surface area contributed by atoms with E-state index in [1.165, 1.54) is 19.2 Å². The molecule has 1 aromatic carbocycles. The first kappa shape index (κ1) is 9.71. The number of halogens is 1. The summed E-state index contributed by atoms with van der Waals surface area (Å²) in [6.07, 6.45) is 0. The molecule has 3 nitrogen and oxygen atoms in total. The zero-order chi connectivity index (χ0) is 11.0. The number of anilines is 1. The minimum atomic E-state index is -0.332. The smallest absolute Gasteiger partial charge is 0.163 e. The number of pyridine rings is 1. The van der Waals surface area contributed by atoms with Crippen LogP contribution in [0.4, 0.5) is 10.1 Å². The fraction of sp³-hybridized carbons (Fsp3) is 0.182. The van der Waals surface area contributed by atoms with Crippen molar-refractivity contribution in [3.8, 4) is 5.75 Å². The Hall–Kier alpha value is -1.84. The summed E-state index contributed by atoms with van der Waals surface area (Å²) in [6.45, 7) is 1.80. The number of aromatic nitrogens is 1. The van der Waals surface area contributed by atoms with E-state index >= 15 is 0 Å². The van der Waals surface area contributed by atoms with Crippen molar-refractivity contribution in [2.45, 2.75) is 6.92 Å². The van der Waals surface area contributed by atoms with Gasteiger partial charge in [0, 0.05) is 5.39 Å². The summed E-state index contributed by atoms with van der Waals surface area (Å²) in [5, 5.41) is 0.581. The lowest BCUT2D eigenvalue weighted by Gasteiger charge is -2.10. The number of rotatable bonds is 1. The Morgan fingerprint density at radius 2 is 2.13 bits per heavy atom. The van der Waals surface area contributed by atoms with Gasteiger partial charge in [0.25, 0.3) is 0 Å². The molecular formula is C11H11FN2O. The van der Waals surface area contributed by atoms with E-state index in [2.05, 4.69) is 4.98 Å². The van der Waals surface area contributed by atoms with E-state index in [1.54, 1.807) is 13.0 Å². The van der Waals surface area contributed by atoms with Gasteiger partial charge in [0.1, 0.15) is 5.82 Å². The van der Waals surface area contributed by atoms with E-state index in [4.69, 9.17) is 10.5 Å². The lowest BCUT2D eigenvalue weighted by Crippen LogP contribution is -1.99. The average Bonchev–Trinajstić information content (AvgIpc) is 2.20. The molecule has 0 saturated heterocycles. The number of fused-ring (bicyclic) bond motifs is 1. The van der Waals surface area contributed by atoms with Crippen LogP contribution in [0.1, 0.15) is 5.69 Å². The van der Waals surface area contributed by atoms with Gasteiger partial charge in [-0.2, -0.15) is 0 Å². The normalized spacial score (nSPS) is 10.6. The van der Waals surface area contributed by atoms with E-state index in [9.17, 15) is 4.39 Å². The third-order valence-corrected chi connectivity index (χ3v) is 2.31. The Kier molecular flexibility index (Phi) is 2.19. The highest BCUT2D eigenvalue weighted by Crippen LogP contribution is 2.31. The molecule has 0 amide bonds. The molecule has 2 N–H and O–H groups in total. The quantitative estimate of drug-likeness (QED) is 0.778. The van der Waals surface area contributed by atoms with Crippen LogP contribution in [-0.2, 0) is 0 Å². The van der Waals surface area contributed by atoms with Crippen LogP contribution in [-0.4, -0.2) is 12.1 Å². The van der Waals surface area contributed by atoms with E-state index in [0.29, 0.717) is 28.0 Å². The fourth-order valence-corrected chi connectivity index (χ4v) is 1.63. The summed E-state index contributed by atoms with van der Waals surface area (Å²) in [7, 11) is 1.52. The van der Waals surface area contributed by atoms with Crippen molar-refractivity contribution in [3.63, 3.8) is 0 Å². The summed E-state index contributed by atoms with van der Waals surface area (Å²) in [6, 6.07) is 4.33. The molecule has 0 aliphatic heterocycles. The number of methoxy groups -OCH3 is 1. The third kappa shape index (κ3) is 1.48. The summed E-state index contributed by atoms with van der Waals surface area (Å²) < 4.78 is 18.1. The maximum atomic E-state index is 13.0. The minimum Gasteiger partial charge on any atom is -0.493 e. The molecule has 2 aromatic rings. The highest BCUT2D eigenvalue weighted by molar-refractivity contribution is 5.93. The first-order chi connectivity index (χ1) is 7.13. The summed E-state index contributed by atoms with van der Waals surface area (Å²) in [5.74, 6) is 0.176. The predicted molar refractivity (Wildman–Crippen MR) is 57.4 cm³/mol. The molecule has 0 saturated carbocycles. The van der Waals surface area contributed by atoms with Crippen LogP contribution in [0.5, 0.6) is 5.75 Å². The highest BCUT2D eigenvalue weighted by Gasteiger charge is 2.10. The summed E-state index contributed by atoms with van der Waals surface area (Å²) in [5.41, 5.74) is 7.67. The number of ether oxygens (including phenoxy) is 1. The number of benzene rings is 1. The van der Waals surface area contributed by atoms with Crippen LogP contribution >= 0.6 is 0 Å². The van der Waals surface area contributed by atoms with Gasteiger partial charge < -0.3 is 10.5 Å². The van der Waals surface area contributed by atoms with Crippen LogP contribution in [0.2, 0.25) is 0 Å². The van der Waals surface area contributed by atoms with Crippen molar-refractivity contribution in [2.24, 2.45) is 0 Å². The van der Waals surface area contributed by atoms with Crippen molar-refractivity contribution in [2.75, 3.05) is 12.8 Å². The fourth-order valence-electron chi connectivity index (χ4n) is 1.63. The van der Waals surface area contributed by atoms with Crippen LogP contribution in [0.25, 0.3) is 10.9 Å². The van der Waals surface area contributed by atoms with Crippen molar-refractivity contribution in [3.05, 3.63) is 29.7 Å². The zero-order valence-electron chi connectivity index (χ0n) is 8.54. The molecule has 0 bridgehead atoms. The summed E-state index contributed by atoms with van der Waals surface area (Å²) >= 11 is 0. The number of nitrogens with zero attached hydrogens (tertiary/aromatic N) is 1. The topological polar surface area (TPSA) is 48.1 Å². The molecule has 0 atom stereocenters. The van der Waals surface area contributed by atoms with Crippen LogP contribution < -0.4 is 10.5 Å². The lowest BCUT2D eigenvalue weighted by atomic mass is 10.1. The molecule has 0 unspecified atom stereocenters. The molecule has 1 aromatic heterocycles. The molecule has 15 heavy (non-hydrogen) atoms. The molecule has 78 valence electrons. The Balaban J connectivity index is 2.86. The molecule has 4 heteroatoms. The molecule has 0 aliphatic rings. The Morgan fingerprint density at radius 1 is 1.40 bits per heavy atom. The van der Waals surface area contributed by atoms with Gasteiger partial charge in [0.2, 0.25) is 0 Å². The molecular weight excluding hydrogens is 195 g/mol. The van der Waals surface area contributed by atoms with Crippen LogP contribution in [0.3, 0.4) is 0 Å². The van der Waals surface area contributed by atoms with Gasteiger partial charge in [-0.05, 0) is 25.1 Å². The summed E-state index contributed by atoms with van der Waals surface area (Å²) in [4.78, 5) is 4.28. The maximum absolute atomic E-state index is 13.0. The average molecular weight is 206 g/mol. The van der Waals surface area contributed by atoms with E-state index < -0.39 is 0 Å². The second kappa shape index (κ2) is 3.38. The first-order valence-corrected chi connectivity index (χ1v) is 4.53. The number of nitrogens with two attached hydrogens (primary N) is 1. The minimum absolute atomic E-state index is 0.332. The highest BCUT2D eigenvalue weighted by atomic mass is 19.1. The van der Waals surface area contributed by atoms with E-state index in [0.717, 1.165) is 0 Å². The molecule has 0 fully saturated rings. The molecule has 0 spiro atoms. The van der Waals surface area contributed by atoms with Crippen molar-refractivity contribution >= 4 is 16.6 Å². The third-order valence-electron chi connectivity index (χ3n) is 2.31. The number of hydrogen-bond acceptors (Lipinski definition) is 3. The van der Waals surface area contributed by atoms with E-state index in [1.807, 2.05) is 0 Å².